The minimum Gasteiger partial charge on any atom is -0.454 e. The van der Waals surface area contributed by atoms with E-state index in [1.807, 2.05) is 13.0 Å². The summed E-state index contributed by atoms with van der Waals surface area (Å²) in [5.41, 5.74) is 0.843. The Kier molecular flexibility index (Phi) is 4.34. The van der Waals surface area contributed by atoms with Crippen molar-refractivity contribution in [3.63, 3.8) is 0 Å². The molecular formula is C16H14FNO2. The quantitative estimate of drug-likeness (QED) is 0.916. The van der Waals surface area contributed by atoms with E-state index in [0.717, 1.165) is 6.07 Å². The van der Waals surface area contributed by atoms with Crippen LogP contribution in [0.3, 0.4) is 0 Å². The summed E-state index contributed by atoms with van der Waals surface area (Å²) in [4.78, 5) is 0. The van der Waals surface area contributed by atoms with E-state index in [1.54, 1.807) is 24.3 Å². The lowest BCUT2D eigenvalue weighted by atomic mass is 10.1. The van der Waals surface area contributed by atoms with Crippen LogP contribution in [0, 0.1) is 17.1 Å². The van der Waals surface area contributed by atoms with E-state index >= 15 is 0 Å². The molecule has 0 saturated carbocycles. The molecule has 0 aliphatic rings. The molecule has 4 heteroatoms. The summed E-state index contributed by atoms with van der Waals surface area (Å²) in [6.07, 6.45) is -0.122. The van der Waals surface area contributed by atoms with Crippen molar-refractivity contribution in [2.24, 2.45) is 0 Å². The van der Waals surface area contributed by atoms with E-state index in [0.29, 0.717) is 17.7 Å². The van der Waals surface area contributed by atoms with Gasteiger partial charge in [-0.1, -0.05) is 25.1 Å². The fraction of sp³-hybridized carbons (Fsp3) is 0.188. The molecule has 0 saturated heterocycles. The molecule has 0 heterocycles. The van der Waals surface area contributed by atoms with Crippen LogP contribution >= 0.6 is 0 Å². The first-order chi connectivity index (χ1) is 9.65. The van der Waals surface area contributed by atoms with E-state index in [9.17, 15) is 9.50 Å². The normalized spacial score (nSPS) is 11.7. The smallest absolute Gasteiger partial charge is 0.167 e. The van der Waals surface area contributed by atoms with Crippen LogP contribution < -0.4 is 4.74 Å². The Morgan fingerprint density at radius 1 is 1.25 bits per heavy atom. The van der Waals surface area contributed by atoms with Crippen molar-refractivity contribution < 1.29 is 14.2 Å². The van der Waals surface area contributed by atoms with E-state index in [-0.39, 0.29) is 11.3 Å². The molecule has 2 aromatic carbocycles. The van der Waals surface area contributed by atoms with Gasteiger partial charge >= 0.3 is 0 Å². The second kappa shape index (κ2) is 6.18. The van der Waals surface area contributed by atoms with Crippen molar-refractivity contribution in [1.82, 2.24) is 0 Å². The van der Waals surface area contributed by atoms with Crippen LogP contribution in [-0.2, 0) is 0 Å². The molecule has 3 nitrogen and oxygen atoms in total. The number of hydrogen-bond acceptors (Lipinski definition) is 3. The average Bonchev–Trinajstić information content (AvgIpc) is 2.49. The standard InChI is InChI=1S/C16H14FNO2/c1-2-14(19)12-5-3-4-6-15(12)20-16-8-7-11(10-18)9-13(16)17/h3-9,14,19H,2H2,1H3. The molecule has 2 rings (SSSR count). The molecule has 0 spiro atoms. The first kappa shape index (κ1) is 14.0. The molecule has 0 aromatic heterocycles. The first-order valence-electron chi connectivity index (χ1n) is 6.30. The van der Waals surface area contributed by atoms with Gasteiger partial charge in [0, 0.05) is 5.56 Å². The zero-order valence-corrected chi connectivity index (χ0v) is 11.0. The van der Waals surface area contributed by atoms with Crippen LogP contribution in [0.5, 0.6) is 11.5 Å². The molecule has 20 heavy (non-hydrogen) atoms. The number of benzene rings is 2. The number of aliphatic hydroxyl groups is 1. The lowest BCUT2D eigenvalue weighted by Gasteiger charge is -2.15. The molecule has 1 unspecified atom stereocenters. The topological polar surface area (TPSA) is 53.2 Å². The third-order valence-electron chi connectivity index (χ3n) is 2.95. The molecule has 0 aliphatic carbocycles. The van der Waals surface area contributed by atoms with Gasteiger partial charge in [0.25, 0.3) is 0 Å². The van der Waals surface area contributed by atoms with Crippen molar-refractivity contribution in [3.8, 4) is 17.6 Å². The number of aliphatic hydroxyl groups excluding tert-OH is 1. The van der Waals surface area contributed by atoms with Gasteiger partial charge in [-0.2, -0.15) is 5.26 Å². The van der Waals surface area contributed by atoms with Crippen LogP contribution in [-0.4, -0.2) is 5.11 Å². The second-order valence-corrected chi connectivity index (χ2v) is 4.32. The SMILES string of the molecule is CCC(O)c1ccccc1Oc1ccc(C#N)cc1F. The maximum absolute atomic E-state index is 13.8. The minimum absolute atomic E-state index is 0.0275. The average molecular weight is 271 g/mol. The molecule has 0 aliphatic heterocycles. The van der Waals surface area contributed by atoms with E-state index in [1.165, 1.54) is 12.1 Å². The second-order valence-electron chi connectivity index (χ2n) is 4.32. The Morgan fingerprint density at radius 2 is 2.00 bits per heavy atom. The maximum Gasteiger partial charge on any atom is 0.167 e. The summed E-state index contributed by atoms with van der Waals surface area (Å²) in [5, 5.41) is 18.6. The van der Waals surface area contributed by atoms with Crippen molar-refractivity contribution in [2.45, 2.75) is 19.4 Å². The van der Waals surface area contributed by atoms with E-state index in [2.05, 4.69) is 0 Å². The monoisotopic (exact) mass is 271 g/mol. The summed E-state index contributed by atoms with van der Waals surface area (Å²) in [7, 11) is 0. The number of halogens is 1. The largest absolute Gasteiger partial charge is 0.454 e. The van der Waals surface area contributed by atoms with Gasteiger partial charge in [0.2, 0.25) is 0 Å². The highest BCUT2D eigenvalue weighted by Crippen LogP contribution is 2.32. The minimum atomic E-state index is -0.660. The zero-order chi connectivity index (χ0) is 14.5. The molecule has 1 atom stereocenters. The van der Waals surface area contributed by atoms with Crippen LogP contribution in [0.25, 0.3) is 0 Å². The molecule has 0 radical (unpaired) electrons. The Labute approximate surface area is 116 Å². The van der Waals surface area contributed by atoms with Gasteiger partial charge < -0.3 is 9.84 Å². The highest BCUT2D eigenvalue weighted by atomic mass is 19.1. The van der Waals surface area contributed by atoms with Gasteiger partial charge in [-0.15, -0.1) is 0 Å². The van der Waals surface area contributed by atoms with E-state index < -0.39 is 11.9 Å². The molecule has 0 bridgehead atoms. The number of nitriles is 1. The number of ether oxygens (including phenoxy) is 1. The summed E-state index contributed by atoms with van der Waals surface area (Å²) >= 11 is 0. The van der Waals surface area contributed by atoms with Crippen LogP contribution in [0.4, 0.5) is 4.39 Å². The van der Waals surface area contributed by atoms with Crippen molar-refractivity contribution in [3.05, 3.63) is 59.4 Å². The lowest BCUT2D eigenvalue weighted by molar-refractivity contribution is 0.170. The third-order valence-corrected chi connectivity index (χ3v) is 2.95. The summed E-state index contributed by atoms with van der Waals surface area (Å²) < 4.78 is 19.3. The Bertz CT molecular complexity index is 649. The fourth-order valence-electron chi connectivity index (χ4n) is 1.84. The molecule has 102 valence electrons. The Hall–Kier alpha value is -2.38. The molecule has 0 amide bonds. The van der Waals surface area contributed by atoms with E-state index in [4.69, 9.17) is 10.00 Å². The summed E-state index contributed by atoms with van der Waals surface area (Å²) in [6, 6.07) is 12.8. The van der Waals surface area contributed by atoms with Crippen LogP contribution in [0.15, 0.2) is 42.5 Å². The molecular weight excluding hydrogens is 257 g/mol. The van der Waals surface area contributed by atoms with Crippen molar-refractivity contribution in [1.29, 1.82) is 5.26 Å². The fourth-order valence-corrected chi connectivity index (χ4v) is 1.84. The zero-order valence-electron chi connectivity index (χ0n) is 11.0. The summed E-state index contributed by atoms with van der Waals surface area (Å²) in [6.45, 7) is 1.85. The lowest BCUT2D eigenvalue weighted by Crippen LogP contribution is -1.99. The summed E-state index contributed by atoms with van der Waals surface area (Å²) in [5.74, 6) is -0.171. The maximum atomic E-state index is 13.8. The first-order valence-corrected chi connectivity index (χ1v) is 6.30. The van der Waals surface area contributed by atoms with Crippen molar-refractivity contribution in [2.75, 3.05) is 0 Å². The van der Waals surface area contributed by atoms with Crippen LogP contribution in [0.1, 0.15) is 30.6 Å². The van der Waals surface area contributed by atoms with Gasteiger partial charge in [0.15, 0.2) is 11.6 Å². The highest BCUT2D eigenvalue weighted by molar-refractivity contribution is 5.42. The molecule has 1 N–H and O–H groups in total. The Morgan fingerprint density at radius 3 is 2.65 bits per heavy atom. The molecule has 0 fully saturated rings. The van der Waals surface area contributed by atoms with Gasteiger partial charge in [-0.05, 0) is 30.7 Å². The van der Waals surface area contributed by atoms with Gasteiger partial charge in [-0.25, -0.2) is 4.39 Å². The predicted octanol–water partition coefficient (Wildman–Crippen LogP) is 3.93. The Balaban J connectivity index is 2.33. The third kappa shape index (κ3) is 2.95. The number of rotatable bonds is 4. The van der Waals surface area contributed by atoms with Crippen LogP contribution in [0.2, 0.25) is 0 Å². The van der Waals surface area contributed by atoms with Gasteiger partial charge in [0.1, 0.15) is 5.75 Å². The predicted molar refractivity (Wildman–Crippen MR) is 72.9 cm³/mol. The van der Waals surface area contributed by atoms with Gasteiger partial charge in [0.05, 0.1) is 17.7 Å². The van der Waals surface area contributed by atoms with Gasteiger partial charge in [-0.3, -0.25) is 0 Å². The molecule has 2 aromatic rings. The number of nitrogens with zero attached hydrogens (tertiary/aromatic N) is 1. The highest BCUT2D eigenvalue weighted by Gasteiger charge is 2.13. The number of para-hydroxylation sites is 1. The number of hydrogen-bond donors (Lipinski definition) is 1. The van der Waals surface area contributed by atoms with Crippen molar-refractivity contribution >= 4 is 0 Å².